The molecule has 2 heterocycles. The van der Waals surface area contributed by atoms with E-state index in [1.54, 1.807) is 50.4 Å². The van der Waals surface area contributed by atoms with Gasteiger partial charge in [-0.15, -0.1) is 11.3 Å². The molecule has 2 N–H and O–H groups in total. The number of aromatic nitrogens is 1. The number of ether oxygens (including phenoxy) is 3. The van der Waals surface area contributed by atoms with E-state index in [9.17, 15) is 14.9 Å². The first-order valence-corrected chi connectivity index (χ1v) is 11.6. The molecule has 9 heteroatoms. The molecule has 0 unspecified atom stereocenters. The predicted molar refractivity (Wildman–Crippen MR) is 133 cm³/mol. The van der Waals surface area contributed by atoms with Crippen molar-refractivity contribution in [3.05, 3.63) is 84.8 Å². The lowest BCUT2D eigenvalue weighted by atomic mass is 9.83. The van der Waals surface area contributed by atoms with Crippen LogP contribution < -0.4 is 30.0 Å². The number of hydrogen-bond donors (Lipinski definition) is 1. The maximum atomic E-state index is 13.5. The van der Waals surface area contributed by atoms with Crippen LogP contribution in [0.2, 0.25) is 0 Å². The molecule has 1 aliphatic heterocycles. The van der Waals surface area contributed by atoms with Crippen LogP contribution in [0.4, 0.5) is 0 Å². The van der Waals surface area contributed by atoms with E-state index >= 15 is 0 Å². The number of nitrogens with two attached hydrogens (primary N) is 1. The first kappa shape index (κ1) is 23.9. The van der Waals surface area contributed by atoms with Crippen LogP contribution >= 0.6 is 11.3 Å². The van der Waals surface area contributed by atoms with E-state index in [4.69, 9.17) is 19.9 Å². The molecule has 1 aromatic heterocycles. The van der Waals surface area contributed by atoms with Crippen molar-refractivity contribution in [2.45, 2.75) is 12.8 Å². The van der Waals surface area contributed by atoms with Crippen molar-refractivity contribution < 1.29 is 19.0 Å². The maximum absolute atomic E-state index is 13.5. The van der Waals surface area contributed by atoms with Crippen molar-refractivity contribution in [1.29, 1.82) is 5.26 Å². The Morgan fingerprint density at radius 2 is 1.80 bits per heavy atom. The van der Waals surface area contributed by atoms with E-state index < -0.39 is 17.4 Å². The normalized spacial score (nSPS) is 15.4. The number of thiazole rings is 1. The number of nitrogens with zero attached hydrogens (tertiary/aromatic N) is 2. The van der Waals surface area contributed by atoms with Crippen molar-refractivity contribution in [1.82, 2.24) is 4.57 Å². The average Bonchev–Trinajstić information content (AvgIpc) is 3.19. The number of benzene rings is 2. The Bertz CT molecular complexity index is 1560. The summed E-state index contributed by atoms with van der Waals surface area (Å²) < 4.78 is 18.1. The van der Waals surface area contributed by atoms with Gasteiger partial charge in [0.1, 0.15) is 22.0 Å². The van der Waals surface area contributed by atoms with E-state index in [0.29, 0.717) is 31.8 Å². The fourth-order valence-corrected chi connectivity index (χ4v) is 5.25. The number of nitriles is 1. The molecule has 35 heavy (non-hydrogen) atoms. The molecular formula is C26H23N3O5S. The number of fused-ring (bicyclic) bond motifs is 1. The third-order valence-electron chi connectivity index (χ3n) is 5.64. The summed E-state index contributed by atoms with van der Waals surface area (Å²) in [5, 5.41) is 10.1. The van der Waals surface area contributed by atoms with E-state index in [0.717, 1.165) is 11.3 Å². The molecule has 0 saturated heterocycles. The minimum atomic E-state index is -0.868. The van der Waals surface area contributed by atoms with Gasteiger partial charge >= 0.3 is 5.97 Å². The monoisotopic (exact) mass is 489 g/mol. The quantitative estimate of drug-likeness (QED) is 0.526. The van der Waals surface area contributed by atoms with E-state index in [-0.39, 0.29) is 23.6 Å². The number of carbonyl (C=O) groups is 1. The molecule has 8 nitrogen and oxygen atoms in total. The second-order valence-electron chi connectivity index (χ2n) is 7.52. The summed E-state index contributed by atoms with van der Waals surface area (Å²) >= 11 is 1.10. The van der Waals surface area contributed by atoms with Crippen LogP contribution in [-0.2, 0) is 9.53 Å². The van der Waals surface area contributed by atoms with Gasteiger partial charge in [0.2, 0.25) is 0 Å². The number of hydrogen-bond acceptors (Lipinski definition) is 8. The Labute approximate surface area is 205 Å². The number of allylic oxidation sites excluding steroid dienone is 1. The van der Waals surface area contributed by atoms with Gasteiger partial charge in [0.25, 0.3) is 5.56 Å². The summed E-state index contributed by atoms with van der Waals surface area (Å²) in [4.78, 5) is 26.7. The van der Waals surface area contributed by atoms with Gasteiger partial charge in [0, 0.05) is 11.1 Å². The molecule has 178 valence electrons. The molecule has 0 radical (unpaired) electrons. The topological polar surface area (TPSA) is 117 Å². The third-order valence-corrected chi connectivity index (χ3v) is 6.75. The highest BCUT2D eigenvalue weighted by molar-refractivity contribution is 7.07. The number of methoxy groups -OCH3 is 2. The van der Waals surface area contributed by atoms with Crippen LogP contribution in [0.25, 0.3) is 17.5 Å². The molecule has 0 spiro atoms. The van der Waals surface area contributed by atoms with Crippen LogP contribution in [-0.4, -0.2) is 31.4 Å². The average molecular weight is 490 g/mol. The molecule has 0 amide bonds. The zero-order chi connectivity index (χ0) is 25.1. The highest BCUT2D eigenvalue weighted by Gasteiger charge is 2.37. The lowest BCUT2D eigenvalue weighted by molar-refractivity contribution is -0.136. The SMILES string of the molecule is CCOC(=O)C1=c2sc(=Cc3ccccc3OC)c(=O)n2C(N)=C(C#N)[C@@H]1c1ccccc1OC. The molecule has 4 rings (SSSR count). The number of para-hydroxylation sites is 2. The van der Waals surface area contributed by atoms with E-state index in [1.165, 1.54) is 11.7 Å². The fourth-order valence-electron chi connectivity index (χ4n) is 4.10. The summed E-state index contributed by atoms with van der Waals surface area (Å²) in [6, 6.07) is 16.4. The second kappa shape index (κ2) is 9.91. The van der Waals surface area contributed by atoms with Gasteiger partial charge in [0.05, 0.1) is 48.5 Å². The lowest BCUT2D eigenvalue weighted by Crippen LogP contribution is -2.40. The lowest BCUT2D eigenvalue weighted by Gasteiger charge is -2.25. The summed E-state index contributed by atoms with van der Waals surface area (Å²) in [6.45, 7) is 1.81. The Balaban J connectivity index is 2.13. The minimum Gasteiger partial charge on any atom is -0.496 e. The molecule has 1 atom stereocenters. The highest BCUT2D eigenvalue weighted by Crippen LogP contribution is 2.40. The predicted octanol–water partition coefficient (Wildman–Crippen LogP) is 1.92. The van der Waals surface area contributed by atoms with Gasteiger partial charge in [-0.3, -0.25) is 9.36 Å². The summed E-state index contributed by atoms with van der Waals surface area (Å²) in [5.41, 5.74) is 7.44. The third kappa shape index (κ3) is 4.09. The summed E-state index contributed by atoms with van der Waals surface area (Å²) in [7, 11) is 3.05. The van der Waals surface area contributed by atoms with Crippen LogP contribution in [0.15, 0.2) is 58.9 Å². The van der Waals surface area contributed by atoms with Crippen LogP contribution in [0.5, 0.6) is 11.5 Å². The number of carbonyl (C=O) groups excluding carboxylic acids is 1. The standard InChI is InChI=1S/C26H23N3O5S/c1-4-34-26(31)22-21(16-10-6-8-12-19(16)33-3)17(14-27)23(28)29-24(30)20(35-25(22)29)13-15-9-5-7-11-18(15)32-2/h5-13,21H,4,28H2,1-3H3/t21-/m0/s1. The van der Waals surface area contributed by atoms with Gasteiger partial charge in [0.15, 0.2) is 0 Å². The van der Waals surface area contributed by atoms with Crippen LogP contribution in [0, 0.1) is 11.3 Å². The Kier molecular flexibility index (Phi) is 6.75. The largest absolute Gasteiger partial charge is 0.496 e. The molecule has 0 saturated carbocycles. The second-order valence-corrected chi connectivity index (χ2v) is 8.55. The molecule has 1 aliphatic rings. The molecule has 0 fully saturated rings. The van der Waals surface area contributed by atoms with E-state index in [2.05, 4.69) is 6.07 Å². The Hall–Kier alpha value is -4.29. The molecule has 2 aromatic carbocycles. The first-order valence-electron chi connectivity index (χ1n) is 10.8. The Morgan fingerprint density at radius 3 is 2.46 bits per heavy atom. The first-order chi connectivity index (χ1) is 17.0. The summed E-state index contributed by atoms with van der Waals surface area (Å²) in [5.74, 6) is -0.471. The van der Waals surface area contributed by atoms with Crippen molar-refractivity contribution in [2.24, 2.45) is 5.73 Å². The highest BCUT2D eigenvalue weighted by atomic mass is 32.1. The zero-order valence-corrected chi connectivity index (χ0v) is 20.2. The van der Waals surface area contributed by atoms with Gasteiger partial charge in [-0.2, -0.15) is 5.26 Å². The van der Waals surface area contributed by atoms with Gasteiger partial charge < -0.3 is 19.9 Å². The van der Waals surface area contributed by atoms with Gasteiger partial charge in [-0.25, -0.2) is 4.79 Å². The van der Waals surface area contributed by atoms with Crippen molar-refractivity contribution >= 4 is 34.8 Å². The molecule has 0 bridgehead atoms. The van der Waals surface area contributed by atoms with Gasteiger partial charge in [-0.05, 0) is 25.1 Å². The summed E-state index contributed by atoms with van der Waals surface area (Å²) in [6.07, 6.45) is 1.68. The zero-order valence-electron chi connectivity index (χ0n) is 19.4. The number of rotatable bonds is 6. The maximum Gasteiger partial charge on any atom is 0.338 e. The minimum absolute atomic E-state index is 0.0348. The van der Waals surface area contributed by atoms with Gasteiger partial charge in [-0.1, -0.05) is 36.4 Å². The molecule has 3 aromatic rings. The smallest absolute Gasteiger partial charge is 0.338 e. The van der Waals surface area contributed by atoms with E-state index in [1.807, 2.05) is 18.2 Å². The van der Waals surface area contributed by atoms with Crippen LogP contribution in [0.3, 0.4) is 0 Å². The van der Waals surface area contributed by atoms with Crippen molar-refractivity contribution in [3.8, 4) is 17.6 Å². The molecular weight excluding hydrogens is 466 g/mol. The number of esters is 1. The Morgan fingerprint density at radius 1 is 1.14 bits per heavy atom. The van der Waals surface area contributed by atoms with Crippen molar-refractivity contribution in [2.75, 3.05) is 20.8 Å². The van der Waals surface area contributed by atoms with Crippen LogP contribution in [0.1, 0.15) is 24.0 Å². The van der Waals surface area contributed by atoms with Crippen molar-refractivity contribution in [3.63, 3.8) is 0 Å². The fraction of sp³-hybridized carbons (Fsp3) is 0.192. The molecule has 0 aliphatic carbocycles.